The number of rotatable bonds is 10. The number of hydrogen-bond acceptors (Lipinski definition) is 6. The molecule has 0 fully saturated rings. The van der Waals surface area contributed by atoms with E-state index in [2.05, 4.69) is 10.1 Å². The highest BCUT2D eigenvalue weighted by molar-refractivity contribution is 6.15. The van der Waals surface area contributed by atoms with Gasteiger partial charge in [0.05, 0.1) is 30.0 Å². The van der Waals surface area contributed by atoms with E-state index in [1.165, 1.54) is 12.1 Å². The summed E-state index contributed by atoms with van der Waals surface area (Å²) in [6.45, 7) is 11.8. The number of carbonyl (C=O) groups is 1. The molecule has 1 amide bonds. The van der Waals surface area contributed by atoms with Gasteiger partial charge in [-0.25, -0.2) is 9.38 Å². The molecular formula is C27H39FN4O3. The Morgan fingerprint density at radius 3 is 2.23 bits per heavy atom. The van der Waals surface area contributed by atoms with Gasteiger partial charge in [-0.1, -0.05) is 26.0 Å². The molecule has 1 aliphatic heterocycles. The Hall–Kier alpha value is -2.84. The largest absolute Gasteiger partial charge is 0.392 e. The summed E-state index contributed by atoms with van der Waals surface area (Å²) in [6.07, 6.45) is 2.92. The maximum atomic E-state index is 13.5. The van der Waals surface area contributed by atoms with Crippen LogP contribution in [0.15, 0.2) is 57.8 Å². The first-order chi connectivity index (χ1) is 16.4. The van der Waals surface area contributed by atoms with E-state index in [1.54, 1.807) is 47.6 Å². The van der Waals surface area contributed by atoms with Crippen LogP contribution in [0.2, 0.25) is 0 Å². The van der Waals surface area contributed by atoms with Crippen molar-refractivity contribution in [3.63, 3.8) is 0 Å². The molecule has 0 aromatic heterocycles. The molecule has 0 aliphatic carbocycles. The lowest BCUT2D eigenvalue weighted by Crippen LogP contribution is -2.43. The number of carbonyl (C=O) groups excluding carboxylic acids is 1. The minimum Gasteiger partial charge on any atom is -0.392 e. The van der Waals surface area contributed by atoms with Gasteiger partial charge in [0.1, 0.15) is 12.2 Å². The predicted octanol–water partition coefficient (Wildman–Crippen LogP) is 4.12. The first-order valence-corrected chi connectivity index (χ1v) is 12.1. The van der Waals surface area contributed by atoms with Crippen LogP contribution in [0.4, 0.5) is 4.39 Å². The number of nitrogens with zero attached hydrogens (tertiary/aromatic N) is 4. The Morgan fingerprint density at radius 1 is 1.09 bits per heavy atom. The van der Waals surface area contributed by atoms with Gasteiger partial charge < -0.3 is 15.1 Å². The molecule has 0 bridgehead atoms. The third-order valence-corrected chi connectivity index (χ3v) is 5.63. The second-order valence-corrected chi connectivity index (χ2v) is 9.74. The smallest absolute Gasteiger partial charge is 0.225 e. The van der Waals surface area contributed by atoms with Gasteiger partial charge in [0.2, 0.25) is 5.91 Å². The number of aliphatic imine (C=N–C) groups is 1. The van der Waals surface area contributed by atoms with E-state index < -0.39 is 12.2 Å². The molecule has 1 aromatic rings. The van der Waals surface area contributed by atoms with Crippen molar-refractivity contribution in [2.45, 2.75) is 78.7 Å². The van der Waals surface area contributed by atoms with E-state index in [1.807, 2.05) is 41.5 Å². The molecular weight excluding hydrogens is 447 g/mol. The number of amides is 1. The Labute approximate surface area is 208 Å². The Bertz CT molecular complexity index is 973. The van der Waals surface area contributed by atoms with Crippen molar-refractivity contribution in [1.29, 1.82) is 0 Å². The van der Waals surface area contributed by atoms with Crippen LogP contribution >= 0.6 is 0 Å². The molecule has 192 valence electrons. The van der Waals surface area contributed by atoms with Gasteiger partial charge >= 0.3 is 0 Å². The fourth-order valence-corrected chi connectivity index (χ4v) is 4.15. The summed E-state index contributed by atoms with van der Waals surface area (Å²) in [6, 6.07) is 6.11. The zero-order valence-electron chi connectivity index (χ0n) is 21.8. The van der Waals surface area contributed by atoms with E-state index >= 15 is 0 Å². The summed E-state index contributed by atoms with van der Waals surface area (Å²) in [5.74, 6) is -0.429. The van der Waals surface area contributed by atoms with E-state index in [0.29, 0.717) is 16.8 Å². The molecule has 2 atom stereocenters. The molecule has 0 saturated carbocycles. The van der Waals surface area contributed by atoms with Crippen molar-refractivity contribution in [3.05, 3.63) is 59.1 Å². The molecule has 1 aliphatic rings. The molecule has 8 heteroatoms. The summed E-state index contributed by atoms with van der Waals surface area (Å²) in [7, 11) is 1.76. The minimum absolute atomic E-state index is 0.0166. The highest BCUT2D eigenvalue weighted by Crippen LogP contribution is 2.25. The van der Waals surface area contributed by atoms with Gasteiger partial charge in [0.25, 0.3) is 0 Å². The summed E-state index contributed by atoms with van der Waals surface area (Å²) < 4.78 is 13.5. The van der Waals surface area contributed by atoms with Crippen LogP contribution in [0.1, 0.15) is 59.9 Å². The monoisotopic (exact) mass is 486 g/mol. The summed E-state index contributed by atoms with van der Waals surface area (Å²) in [5, 5.41) is 27.3. The quantitative estimate of drug-likeness (QED) is 0.521. The van der Waals surface area contributed by atoms with Crippen LogP contribution < -0.4 is 0 Å². The zero-order valence-corrected chi connectivity index (χ0v) is 21.8. The van der Waals surface area contributed by atoms with E-state index in [0.717, 1.165) is 5.70 Å². The molecule has 7 nitrogen and oxygen atoms in total. The maximum absolute atomic E-state index is 13.5. The SMILES string of the molecule is CC(C)C1=C(/C=C/[C@@H](O)C[C@@H](O)CC(=O)N(C(C)C)C(C)C)C(c2ccc(F)cc2)=NN(C)C=N1. The molecule has 2 rings (SSSR count). The molecule has 1 heterocycles. The van der Waals surface area contributed by atoms with Crippen LogP contribution in [0, 0.1) is 11.7 Å². The summed E-state index contributed by atoms with van der Waals surface area (Å²) >= 11 is 0. The lowest BCUT2D eigenvalue weighted by Gasteiger charge is -2.31. The third kappa shape index (κ3) is 8.11. The second-order valence-electron chi connectivity index (χ2n) is 9.74. The summed E-state index contributed by atoms with van der Waals surface area (Å²) in [5.41, 5.74) is 2.77. The molecule has 35 heavy (non-hydrogen) atoms. The number of allylic oxidation sites excluding steroid dienone is 3. The van der Waals surface area contributed by atoms with Crippen molar-refractivity contribution < 1.29 is 19.4 Å². The lowest BCUT2D eigenvalue weighted by molar-refractivity contribution is -0.137. The maximum Gasteiger partial charge on any atom is 0.225 e. The molecule has 0 spiro atoms. The zero-order chi connectivity index (χ0) is 26.3. The minimum atomic E-state index is -0.982. The van der Waals surface area contributed by atoms with Gasteiger partial charge in [0.15, 0.2) is 0 Å². The highest BCUT2D eigenvalue weighted by Gasteiger charge is 2.24. The number of benzene rings is 1. The van der Waals surface area contributed by atoms with Crippen LogP contribution in [0.5, 0.6) is 0 Å². The van der Waals surface area contributed by atoms with Crippen LogP contribution in [0.3, 0.4) is 0 Å². The van der Waals surface area contributed by atoms with Crippen molar-refractivity contribution >= 4 is 18.0 Å². The average Bonchev–Trinajstić information content (AvgIpc) is 2.90. The van der Waals surface area contributed by atoms with Gasteiger partial charge in [-0.3, -0.25) is 9.80 Å². The summed E-state index contributed by atoms with van der Waals surface area (Å²) in [4.78, 5) is 18.9. The fraction of sp³-hybridized carbons (Fsp3) is 0.519. The van der Waals surface area contributed by atoms with Gasteiger partial charge in [-0.05, 0) is 57.9 Å². The van der Waals surface area contributed by atoms with Crippen molar-refractivity contribution in [2.24, 2.45) is 16.0 Å². The van der Waals surface area contributed by atoms with Gasteiger partial charge in [0, 0.05) is 36.7 Å². The third-order valence-electron chi connectivity index (χ3n) is 5.63. The Balaban J connectivity index is 2.26. The molecule has 2 N–H and O–H groups in total. The van der Waals surface area contributed by atoms with Gasteiger partial charge in [-0.2, -0.15) is 5.10 Å². The average molecular weight is 487 g/mol. The van der Waals surface area contributed by atoms with Crippen molar-refractivity contribution in [3.8, 4) is 0 Å². The molecule has 0 radical (unpaired) electrons. The van der Waals surface area contributed by atoms with Crippen molar-refractivity contribution in [1.82, 2.24) is 9.91 Å². The van der Waals surface area contributed by atoms with Gasteiger partial charge in [-0.15, -0.1) is 0 Å². The first kappa shape index (κ1) is 28.4. The molecule has 1 aromatic carbocycles. The number of hydrazone groups is 1. The van der Waals surface area contributed by atoms with Crippen molar-refractivity contribution in [2.75, 3.05) is 7.05 Å². The standard InChI is InChI=1S/C27H39FN4O3/c1-17(2)26-24(27(30-31(7)16-29-26)20-8-10-21(28)11-9-20)13-12-22(33)14-23(34)15-25(35)32(18(3)4)19(5)6/h8-13,16-19,22-23,33-34H,14-15H2,1-7H3/b13-12+/t22-,23-/m1/s1. The van der Waals surface area contributed by atoms with E-state index in [4.69, 9.17) is 0 Å². The fourth-order valence-electron chi connectivity index (χ4n) is 4.15. The number of hydrogen-bond donors (Lipinski definition) is 2. The Morgan fingerprint density at radius 2 is 1.69 bits per heavy atom. The number of aliphatic hydroxyl groups excluding tert-OH is 2. The first-order valence-electron chi connectivity index (χ1n) is 12.1. The lowest BCUT2D eigenvalue weighted by atomic mass is 9.95. The normalized spacial score (nSPS) is 16.4. The topological polar surface area (TPSA) is 88.7 Å². The van der Waals surface area contributed by atoms with E-state index in [-0.39, 0.29) is 42.6 Å². The van der Waals surface area contributed by atoms with Crippen LogP contribution in [-0.2, 0) is 4.79 Å². The molecule has 0 unspecified atom stereocenters. The number of halogens is 1. The Kier molecular flexibility index (Phi) is 10.3. The van der Waals surface area contributed by atoms with Crippen LogP contribution in [0.25, 0.3) is 0 Å². The van der Waals surface area contributed by atoms with Crippen LogP contribution in [-0.4, -0.2) is 69.4 Å². The number of aliphatic hydroxyl groups is 2. The predicted molar refractivity (Wildman–Crippen MR) is 139 cm³/mol. The second kappa shape index (κ2) is 12.7. The highest BCUT2D eigenvalue weighted by atomic mass is 19.1. The molecule has 0 saturated heterocycles. The van der Waals surface area contributed by atoms with E-state index in [9.17, 15) is 19.4 Å².